The number of thiophene rings is 1. The highest BCUT2D eigenvalue weighted by atomic mass is 35.5. The Labute approximate surface area is 155 Å². The number of ketones is 1. The van der Waals surface area contributed by atoms with Crippen LogP contribution in [0.15, 0.2) is 50.3 Å². The molecule has 26 heavy (non-hydrogen) atoms. The van der Waals surface area contributed by atoms with E-state index in [2.05, 4.69) is 4.99 Å². The first-order chi connectivity index (χ1) is 12.2. The van der Waals surface area contributed by atoms with Crippen LogP contribution in [0.3, 0.4) is 0 Å². The van der Waals surface area contributed by atoms with Gasteiger partial charge in [-0.1, -0.05) is 11.6 Å². The van der Waals surface area contributed by atoms with E-state index in [1.807, 2.05) is 0 Å². The highest BCUT2D eigenvalue weighted by molar-refractivity contribution is 7.14. The molecule has 0 saturated carbocycles. The van der Waals surface area contributed by atoms with E-state index in [0.29, 0.717) is 33.9 Å². The molecular weight excluding hydrogens is 388 g/mol. The van der Waals surface area contributed by atoms with Gasteiger partial charge < -0.3 is 10.2 Å². The van der Waals surface area contributed by atoms with E-state index in [4.69, 9.17) is 16.7 Å². The van der Waals surface area contributed by atoms with Crippen molar-refractivity contribution in [3.05, 3.63) is 55.1 Å². The van der Waals surface area contributed by atoms with Gasteiger partial charge in [-0.3, -0.25) is 14.6 Å². The Morgan fingerprint density at radius 1 is 1.38 bits per heavy atom. The molecule has 0 unspecified atom stereocenters. The average molecular weight is 400 g/mol. The number of halogens is 3. The number of aliphatic carboxylic acids is 1. The summed E-state index contributed by atoms with van der Waals surface area (Å²) in [6, 6.07) is 2.44. The number of aliphatic hydroxyl groups excluding tert-OH is 1. The minimum Gasteiger partial charge on any atom is -0.506 e. The minimum atomic E-state index is -2.68. The highest BCUT2D eigenvalue weighted by Gasteiger charge is 2.35. The third kappa shape index (κ3) is 3.10. The molecule has 1 aliphatic carbocycles. The van der Waals surface area contributed by atoms with E-state index in [1.54, 1.807) is 6.92 Å². The first-order valence-electron chi connectivity index (χ1n) is 7.45. The predicted octanol–water partition coefficient (Wildman–Crippen LogP) is 4.78. The van der Waals surface area contributed by atoms with Gasteiger partial charge in [-0.2, -0.15) is 0 Å². The molecule has 2 aliphatic rings. The van der Waals surface area contributed by atoms with Crippen molar-refractivity contribution >= 4 is 40.4 Å². The van der Waals surface area contributed by atoms with Crippen molar-refractivity contribution in [3.8, 4) is 0 Å². The fourth-order valence-electron chi connectivity index (χ4n) is 2.87. The fourth-order valence-corrected chi connectivity index (χ4v) is 4.03. The molecule has 0 amide bonds. The van der Waals surface area contributed by atoms with Crippen LogP contribution in [0.25, 0.3) is 0 Å². The minimum absolute atomic E-state index is 0.0514. The Bertz CT molecular complexity index is 956. The molecule has 9 heteroatoms. The van der Waals surface area contributed by atoms with Crippen LogP contribution in [-0.4, -0.2) is 27.7 Å². The molecule has 1 aromatic heterocycles. The van der Waals surface area contributed by atoms with Gasteiger partial charge in [0.2, 0.25) is 5.78 Å². The maximum Gasteiger partial charge on any atom is 0.307 e. The van der Waals surface area contributed by atoms with Crippen LogP contribution >= 0.6 is 22.9 Å². The molecule has 0 radical (unpaired) electrons. The van der Waals surface area contributed by atoms with Crippen LogP contribution in [0.5, 0.6) is 0 Å². The van der Waals surface area contributed by atoms with Crippen molar-refractivity contribution in [1.29, 1.82) is 0 Å². The number of rotatable bonds is 5. The molecule has 5 nitrogen and oxygen atoms in total. The normalized spacial score (nSPS) is 17.2. The van der Waals surface area contributed by atoms with E-state index in [9.17, 15) is 23.5 Å². The number of hydrogen-bond acceptors (Lipinski definition) is 5. The summed E-state index contributed by atoms with van der Waals surface area (Å²) in [6.45, 7) is 1.62. The van der Waals surface area contributed by atoms with Crippen LogP contribution in [0, 0.1) is 0 Å². The number of fused-ring (bicyclic) bond motifs is 1. The van der Waals surface area contributed by atoms with Gasteiger partial charge in [0.05, 0.1) is 32.5 Å². The molecule has 0 aromatic carbocycles. The zero-order valence-electron chi connectivity index (χ0n) is 13.3. The second-order valence-corrected chi connectivity index (χ2v) is 7.21. The SMILES string of the molecule is CC1=C(CC(=O)O)C2=C(Cl)C(O)=C(C(=O)c3ccc(C(F)F)s3)CC2=N1. The number of alkyl halides is 2. The Morgan fingerprint density at radius 2 is 2.08 bits per heavy atom. The van der Waals surface area contributed by atoms with Crippen LogP contribution < -0.4 is 0 Å². The lowest BCUT2D eigenvalue weighted by Gasteiger charge is -2.19. The molecular formula is C17H12ClF2NO4S. The summed E-state index contributed by atoms with van der Waals surface area (Å²) in [5, 5.41) is 19.2. The van der Waals surface area contributed by atoms with Crippen molar-refractivity contribution in [2.45, 2.75) is 26.2 Å². The Balaban J connectivity index is 2.00. The Hall–Kier alpha value is -2.32. The van der Waals surface area contributed by atoms with Crippen LogP contribution in [0.2, 0.25) is 0 Å². The summed E-state index contributed by atoms with van der Waals surface area (Å²) < 4.78 is 25.5. The predicted molar refractivity (Wildman–Crippen MR) is 93.1 cm³/mol. The lowest BCUT2D eigenvalue weighted by molar-refractivity contribution is -0.136. The summed E-state index contributed by atoms with van der Waals surface area (Å²) in [5.41, 5.74) is 1.49. The zero-order valence-corrected chi connectivity index (χ0v) is 14.9. The molecule has 0 fully saturated rings. The molecule has 2 heterocycles. The molecule has 1 aliphatic heterocycles. The number of carboxylic acids is 1. The van der Waals surface area contributed by atoms with Gasteiger partial charge in [0, 0.05) is 17.7 Å². The van der Waals surface area contributed by atoms with Crippen molar-refractivity contribution in [1.82, 2.24) is 0 Å². The van der Waals surface area contributed by atoms with Gasteiger partial charge >= 0.3 is 5.97 Å². The smallest absolute Gasteiger partial charge is 0.307 e. The molecule has 1 aromatic rings. The number of aliphatic imine (C=N–C) groups is 1. The van der Waals surface area contributed by atoms with Gasteiger partial charge in [0.1, 0.15) is 5.76 Å². The monoisotopic (exact) mass is 399 g/mol. The number of nitrogens with zero attached hydrogens (tertiary/aromatic N) is 1. The Morgan fingerprint density at radius 3 is 2.65 bits per heavy atom. The van der Waals surface area contributed by atoms with Crippen LogP contribution in [-0.2, 0) is 4.79 Å². The largest absolute Gasteiger partial charge is 0.506 e. The van der Waals surface area contributed by atoms with Crippen molar-refractivity contribution in [2.24, 2.45) is 4.99 Å². The number of Topliss-reactive ketones (excluding diaryl/α,β-unsaturated/α-hetero) is 1. The van der Waals surface area contributed by atoms with Crippen LogP contribution in [0.1, 0.15) is 40.7 Å². The summed E-state index contributed by atoms with van der Waals surface area (Å²) in [7, 11) is 0. The topological polar surface area (TPSA) is 87.0 Å². The lowest BCUT2D eigenvalue weighted by atomic mass is 9.88. The van der Waals surface area contributed by atoms with Crippen LogP contribution in [0.4, 0.5) is 8.78 Å². The molecule has 0 bridgehead atoms. The zero-order chi connectivity index (χ0) is 19.2. The molecule has 0 saturated heterocycles. The highest BCUT2D eigenvalue weighted by Crippen LogP contribution is 2.41. The van der Waals surface area contributed by atoms with Gasteiger partial charge in [-0.15, -0.1) is 11.3 Å². The molecule has 2 N–H and O–H groups in total. The Kier molecular flexibility index (Phi) is 4.81. The summed E-state index contributed by atoms with van der Waals surface area (Å²) >= 11 is 6.84. The van der Waals surface area contributed by atoms with Crippen molar-refractivity contribution in [2.75, 3.05) is 0 Å². The fraction of sp³-hybridized carbons (Fsp3) is 0.235. The number of carbonyl (C=O) groups excluding carboxylic acids is 1. The quantitative estimate of drug-likeness (QED) is 0.697. The van der Waals surface area contributed by atoms with E-state index in [-0.39, 0.29) is 33.2 Å². The number of carboxylic acid groups (broad SMARTS) is 1. The molecule has 136 valence electrons. The first kappa shape index (κ1) is 18.5. The van der Waals surface area contributed by atoms with E-state index >= 15 is 0 Å². The van der Waals surface area contributed by atoms with E-state index < -0.39 is 23.9 Å². The maximum absolute atomic E-state index is 12.7. The summed E-state index contributed by atoms with van der Waals surface area (Å²) in [4.78, 5) is 27.7. The standard InChI is InChI=1S/C17H12ClF2NO4S/c1-6-7(5-12(22)23)13-9(21-6)4-8(16(25)14(13)18)15(24)10-2-3-11(26-10)17(19)20/h2-3,17,25H,4-5H2,1H3,(H,22,23). The number of allylic oxidation sites excluding steroid dienone is 4. The van der Waals surface area contributed by atoms with Gasteiger partial charge in [0.25, 0.3) is 6.43 Å². The van der Waals surface area contributed by atoms with Gasteiger partial charge in [-0.05, 0) is 24.6 Å². The van der Waals surface area contributed by atoms with Crippen molar-refractivity contribution in [3.63, 3.8) is 0 Å². The number of hydrogen-bond donors (Lipinski definition) is 2. The summed E-state index contributed by atoms with van der Waals surface area (Å²) in [5.74, 6) is -2.16. The number of carbonyl (C=O) groups is 2. The third-order valence-corrected chi connectivity index (χ3v) is 5.51. The maximum atomic E-state index is 12.7. The summed E-state index contributed by atoms with van der Waals surface area (Å²) in [6.07, 6.45) is -3.06. The average Bonchev–Trinajstić information content (AvgIpc) is 3.16. The van der Waals surface area contributed by atoms with Crippen molar-refractivity contribution < 1.29 is 28.6 Å². The molecule has 0 spiro atoms. The second-order valence-electron chi connectivity index (χ2n) is 5.72. The molecule has 3 rings (SSSR count). The van der Waals surface area contributed by atoms with Gasteiger partial charge in [0.15, 0.2) is 0 Å². The second kappa shape index (κ2) is 6.77. The number of aliphatic hydroxyl groups is 1. The molecule has 0 atom stereocenters. The van der Waals surface area contributed by atoms with Gasteiger partial charge in [-0.25, -0.2) is 8.78 Å². The first-order valence-corrected chi connectivity index (χ1v) is 8.64. The lowest BCUT2D eigenvalue weighted by Crippen LogP contribution is -2.18. The van der Waals surface area contributed by atoms with E-state index in [1.165, 1.54) is 6.07 Å². The van der Waals surface area contributed by atoms with E-state index in [0.717, 1.165) is 6.07 Å². The third-order valence-electron chi connectivity index (χ3n) is 4.05.